The zero-order valence-corrected chi connectivity index (χ0v) is 12.4. The standard InChI is InChI=1S/C15H14N6O2/c1-8-18-15(20-19-8)13-14(23)12-9(7-17-13)10(4-5-16-12)21-6-2-3-11(21)22/h4-5,7,23H,2-3,6H2,1H3,(H,18,19,20). The predicted molar refractivity (Wildman–Crippen MR) is 82.9 cm³/mol. The molecule has 1 aliphatic heterocycles. The summed E-state index contributed by atoms with van der Waals surface area (Å²) in [7, 11) is 0. The van der Waals surface area contributed by atoms with E-state index in [4.69, 9.17) is 0 Å². The van der Waals surface area contributed by atoms with Crippen LogP contribution < -0.4 is 4.90 Å². The number of nitrogens with one attached hydrogen (secondary N) is 1. The maximum absolute atomic E-state index is 12.0. The van der Waals surface area contributed by atoms with Gasteiger partial charge in [-0.05, 0) is 19.4 Å². The van der Waals surface area contributed by atoms with Gasteiger partial charge in [0.2, 0.25) is 11.7 Å². The van der Waals surface area contributed by atoms with Crippen LogP contribution in [0.15, 0.2) is 18.5 Å². The van der Waals surface area contributed by atoms with Crippen LogP contribution in [0.1, 0.15) is 18.7 Å². The number of H-pyrrole nitrogens is 1. The highest BCUT2D eigenvalue weighted by atomic mass is 16.3. The van der Waals surface area contributed by atoms with Crippen molar-refractivity contribution in [2.75, 3.05) is 11.4 Å². The number of anilines is 1. The number of nitrogens with zero attached hydrogens (tertiary/aromatic N) is 5. The molecule has 0 saturated carbocycles. The Labute approximate surface area is 131 Å². The highest BCUT2D eigenvalue weighted by Gasteiger charge is 2.25. The molecular formula is C15H14N6O2. The van der Waals surface area contributed by atoms with Gasteiger partial charge in [0.15, 0.2) is 11.4 Å². The summed E-state index contributed by atoms with van der Waals surface area (Å²) >= 11 is 0. The number of aromatic nitrogens is 5. The number of aromatic amines is 1. The lowest BCUT2D eigenvalue weighted by molar-refractivity contribution is -0.117. The van der Waals surface area contributed by atoms with Gasteiger partial charge in [-0.3, -0.25) is 14.9 Å². The van der Waals surface area contributed by atoms with Crippen molar-refractivity contribution >= 4 is 22.5 Å². The molecule has 0 radical (unpaired) electrons. The van der Waals surface area contributed by atoms with Crippen LogP contribution in [0.4, 0.5) is 5.69 Å². The van der Waals surface area contributed by atoms with Gasteiger partial charge in [0, 0.05) is 30.7 Å². The third-order valence-electron chi connectivity index (χ3n) is 3.91. The highest BCUT2D eigenvalue weighted by Crippen LogP contribution is 2.36. The molecule has 3 aromatic heterocycles. The van der Waals surface area contributed by atoms with Crippen LogP contribution in [0, 0.1) is 6.92 Å². The SMILES string of the molecule is Cc1nc(-c2ncc3c(N4CCCC4=O)ccnc3c2O)n[nH]1. The number of aromatic hydroxyl groups is 1. The van der Waals surface area contributed by atoms with Gasteiger partial charge in [-0.15, -0.1) is 0 Å². The van der Waals surface area contributed by atoms with Crippen molar-refractivity contribution in [2.45, 2.75) is 19.8 Å². The van der Waals surface area contributed by atoms with Gasteiger partial charge in [0.1, 0.15) is 11.3 Å². The molecule has 1 aliphatic rings. The minimum Gasteiger partial charge on any atom is -0.504 e. The number of rotatable bonds is 2. The molecule has 2 N–H and O–H groups in total. The second-order valence-corrected chi connectivity index (χ2v) is 5.44. The van der Waals surface area contributed by atoms with Crippen molar-refractivity contribution < 1.29 is 9.90 Å². The van der Waals surface area contributed by atoms with Crippen molar-refractivity contribution in [2.24, 2.45) is 0 Å². The van der Waals surface area contributed by atoms with Crippen LogP contribution in [0.25, 0.3) is 22.4 Å². The number of hydrogen-bond acceptors (Lipinski definition) is 6. The zero-order valence-electron chi connectivity index (χ0n) is 12.4. The fourth-order valence-electron chi connectivity index (χ4n) is 2.83. The van der Waals surface area contributed by atoms with Gasteiger partial charge >= 0.3 is 0 Å². The van der Waals surface area contributed by atoms with E-state index in [1.54, 1.807) is 30.3 Å². The van der Waals surface area contributed by atoms with Gasteiger partial charge in [-0.25, -0.2) is 9.97 Å². The van der Waals surface area contributed by atoms with Crippen LogP contribution in [-0.4, -0.2) is 42.7 Å². The van der Waals surface area contributed by atoms with Crippen molar-refractivity contribution in [3.8, 4) is 17.3 Å². The number of amides is 1. The maximum atomic E-state index is 12.0. The van der Waals surface area contributed by atoms with Crippen molar-refractivity contribution in [3.63, 3.8) is 0 Å². The number of aryl methyl sites for hydroxylation is 1. The van der Waals surface area contributed by atoms with Gasteiger partial charge < -0.3 is 10.0 Å². The number of hydrogen-bond donors (Lipinski definition) is 2. The fraction of sp³-hybridized carbons (Fsp3) is 0.267. The predicted octanol–water partition coefficient (Wildman–Crippen LogP) is 1.56. The zero-order chi connectivity index (χ0) is 16.0. The lowest BCUT2D eigenvalue weighted by Crippen LogP contribution is -2.24. The van der Waals surface area contributed by atoms with E-state index >= 15 is 0 Å². The van der Waals surface area contributed by atoms with Gasteiger partial charge in [0.25, 0.3) is 0 Å². The minimum absolute atomic E-state index is 0.0747. The number of carbonyl (C=O) groups is 1. The van der Waals surface area contributed by atoms with E-state index in [0.29, 0.717) is 35.5 Å². The van der Waals surface area contributed by atoms with Crippen LogP contribution in [-0.2, 0) is 4.79 Å². The summed E-state index contributed by atoms with van der Waals surface area (Å²) in [4.78, 5) is 26.4. The smallest absolute Gasteiger partial charge is 0.227 e. The largest absolute Gasteiger partial charge is 0.504 e. The molecule has 0 atom stereocenters. The molecule has 8 heteroatoms. The molecule has 8 nitrogen and oxygen atoms in total. The Bertz CT molecular complexity index is 919. The molecule has 0 aromatic carbocycles. The molecule has 3 aromatic rings. The molecule has 0 unspecified atom stereocenters. The van der Waals surface area contributed by atoms with Gasteiger partial charge in [-0.1, -0.05) is 0 Å². The topological polar surface area (TPSA) is 108 Å². The van der Waals surface area contributed by atoms with Crippen molar-refractivity contribution in [1.29, 1.82) is 0 Å². The first-order valence-electron chi connectivity index (χ1n) is 7.31. The van der Waals surface area contributed by atoms with Crippen LogP contribution in [0.3, 0.4) is 0 Å². The minimum atomic E-state index is -0.0880. The lowest BCUT2D eigenvalue weighted by atomic mass is 10.1. The molecule has 1 fully saturated rings. The Kier molecular flexibility index (Phi) is 2.97. The summed E-state index contributed by atoms with van der Waals surface area (Å²) in [5.74, 6) is 0.928. The normalized spacial score (nSPS) is 14.8. The third kappa shape index (κ3) is 2.10. The molecular weight excluding hydrogens is 296 g/mol. The highest BCUT2D eigenvalue weighted by molar-refractivity contribution is 6.05. The van der Waals surface area contributed by atoms with Crippen LogP contribution in [0.2, 0.25) is 0 Å². The second kappa shape index (κ2) is 5.01. The maximum Gasteiger partial charge on any atom is 0.227 e. The molecule has 1 amide bonds. The third-order valence-corrected chi connectivity index (χ3v) is 3.91. The molecule has 1 saturated heterocycles. The first-order valence-corrected chi connectivity index (χ1v) is 7.31. The summed E-state index contributed by atoms with van der Waals surface area (Å²) in [6.07, 6.45) is 4.55. The summed E-state index contributed by atoms with van der Waals surface area (Å²) < 4.78 is 0. The molecule has 116 valence electrons. The second-order valence-electron chi connectivity index (χ2n) is 5.44. The first-order chi connectivity index (χ1) is 11.1. The number of carbonyl (C=O) groups excluding carboxylic acids is 1. The Morgan fingerprint density at radius 1 is 1.35 bits per heavy atom. The molecule has 0 spiro atoms. The van der Waals surface area contributed by atoms with E-state index in [1.165, 1.54) is 0 Å². The van der Waals surface area contributed by atoms with Crippen LogP contribution >= 0.6 is 0 Å². The lowest BCUT2D eigenvalue weighted by Gasteiger charge is -2.18. The average molecular weight is 310 g/mol. The van der Waals surface area contributed by atoms with Gasteiger partial charge in [-0.2, -0.15) is 5.10 Å². The molecule has 4 rings (SSSR count). The molecule has 0 bridgehead atoms. The number of fused-ring (bicyclic) bond motifs is 1. The monoisotopic (exact) mass is 310 g/mol. The van der Waals surface area contributed by atoms with E-state index in [-0.39, 0.29) is 17.4 Å². The fourth-order valence-corrected chi connectivity index (χ4v) is 2.83. The summed E-state index contributed by atoms with van der Waals surface area (Å²) in [6.45, 7) is 2.44. The molecule has 4 heterocycles. The Hall–Kier alpha value is -3.03. The Morgan fingerprint density at radius 3 is 2.91 bits per heavy atom. The molecule has 0 aliphatic carbocycles. The van der Waals surface area contributed by atoms with E-state index in [2.05, 4.69) is 25.1 Å². The molecule has 23 heavy (non-hydrogen) atoms. The van der Waals surface area contributed by atoms with E-state index in [0.717, 1.165) is 12.1 Å². The summed E-state index contributed by atoms with van der Waals surface area (Å²) in [5, 5.41) is 17.9. The summed E-state index contributed by atoms with van der Waals surface area (Å²) in [5.41, 5.74) is 1.37. The average Bonchev–Trinajstić information content (AvgIpc) is 3.16. The first kappa shape index (κ1) is 13.6. The van der Waals surface area contributed by atoms with E-state index < -0.39 is 0 Å². The van der Waals surface area contributed by atoms with Gasteiger partial charge in [0.05, 0.1) is 5.69 Å². The van der Waals surface area contributed by atoms with E-state index in [1.807, 2.05) is 0 Å². The number of pyridine rings is 2. The van der Waals surface area contributed by atoms with Crippen molar-refractivity contribution in [3.05, 3.63) is 24.3 Å². The summed E-state index contributed by atoms with van der Waals surface area (Å²) in [6, 6.07) is 1.77. The Balaban J connectivity index is 1.90. The quantitative estimate of drug-likeness (QED) is 0.743. The van der Waals surface area contributed by atoms with E-state index in [9.17, 15) is 9.90 Å². The Morgan fingerprint density at radius 2 is 2.22 bits per heavy atom. The van der Waals surface area contributed by atoms with Crippen molar-refractivity contribution in [1.82, 2.24) is 25.1 Å². The van der Waals surface area contributed by atoms with Crippen LogP contribution in [0.5, 0.6) is 5.75 Å².